The largest absolute Gasteiger partial charge is 0.534 e. The van der Waals surface area contributed by atoms with Gasteiger partial charge >= 0.3 is 15.6 Å². The number of likely N-dealkylation sites (tertiary alicyclic amines) is 1. The van der Waals surface area contributed by atoms with Crippen LogP contribution >= 0.6 is 0 Å². The van der Waals surface area contributed by atoms with Crippen LogP contribution in [-0.4, -0.2) is 38.5 Å². The molecule has 2 bridgehead atoms. The lowest BCUT2D eigenvalue weighted by Crippen LogP contribution is -2.54. The van der Waals surface area contributed by atoms with Crippen molar-refractivity contribution < 1.29 is 25.8 Å². The second-order valence-corrected chi connectivity index (χ2v) is 9.54. The van der Waals surface area contributed by atoms with Gasteiger partial charge in [0.05, 0.1) is 0 Å². The van der Waals surface area contributed by atoms with Crippen LogP contribution in [0.4, 0.5) is 13.2 Å². The summed E-state index contributed by atoms with van der Waals surface area (Å²) in [5, 5.41) is 0. The van der Waals surface area contributed by atoms with Crippen molar-refractivity contribution >= 4 is 10.1 Å². The molecule has 0 aromatic heterocycles. The molecule has 3 atom stereocenters. The molecule has 0 amide bonds. The first kappa shape index (κ1) is 20.5. The van der Waals surface area contributed by atoms with Crippen molar-refractivity contribution in [2.75, 3.05) is 13.6 Å². The van der Waals surface area contributed by atoms with E-state index in [2.05, 4.69) is 22.7 Å². The molecule has 0 aromatic carbocycles. The first-order chi connectivity index (χ1) is 12.5. The Balaban J connectivity index is 1.96. The Kier molecular flexibility index (Phi) is 5.51. The van der Waals surface area contributed by atoms with E-state index in [-0.39, 0.29) is 11.2 Å². The molecular weight excluding hydrogens is 379 g/mol. The highest BCUT2D eigenvalue weighted by Gasteiger charge is 2.50. The molecule has 1 heterocycles. The lowest BCUT2D eigenvalue weighted by molar-refractivity contribution is -0.0521. The van der Waals surface area contributed by atoms with Crippen LogP contribution in [0.25, 0.3) is 0 Å². The van der Waals surface area contributed by atoms with Gasteiger partial charge in [0, 0.05) is 6.04 Å². The fraction of sp³-hybridized carbons (Fsp3) is 0.684. The summed E-state index contributed by atoms with van der Waals surface area (Å²) in [4.78, 5) is 2.37. The van der Waals surface area contributed by atoms with Crippen LogP contribution in [0, 0.1) is 11.3 Å². The maximum Gasteiger partial charge on any atom is 0.534 e. The van der Waals surface area contributed by atoms with E-state index in [1.165, 1.54) is 12.2 Å². The Labute approximate surface area is 158 Å². The van der Waals surface area contributed by atoms with Crippen LogP contribution < -0.4 is 0 Å². The summed E-state index contributed by atoms with van der Waals surface area (Å²) >= 11 is 0. The van der Waals surface area contributed by atoms with E-state index in [1.54, 1.807) is 6.08 Å². The molecule has 27 heavy (non-hydrogen) atoms. The standard InChI is InChI=1S/C19H26F3NO3S/c1-14-6-7-15(26-27(24,25)19(20,21)22)8-10-18-9-4-3-5-16(18)17(13-14)23(2)12-11-18/h6-8,16-17H,1,3-5,9-13H2,2H3/b7-6-,15-8+/t16-,17+,18+/m1/s1. The Morgan fingerprint density at radius 3 is 2.70 bits per heavy atom. The lowest BCUT2D eigenvalue weighted by atomic mass is 9.57. The highest BCUT2D eigenvalue weighted by Crippen LogP contribution is 2.53. The highest BCUT2D eigenvalue weighted by molar-refractivity contribution is 7.87. The number of allylic oxidation sites excluding steroid dienone is 3. The third-order valence-corrected chi connectivity index (χ3v) is 7.35. The number of alkyl halides is 3. The van der Waals surface area contributed by atoms with Crippen molar-refractivity contribution in [3.05, 3.63) is 36.1 Å². The van der Waals surface area contributed by atoms with Crippen molar-refractivity contribution in [1.82, 2.24) is 4.90 Å². The number of rotatable bonds is 2. The number of nitrogens with zero attached hydrogens (tertiary/aromatic N) is 1. The van der Waals surface area contributed by atoms with Gasteiger partial charge in [-0.25, -0.2) is 0 Å². The predicted octanol–water partition coefficient (Wildman–Crippen LogP) is 4.52. The Morgan fingerprint density at radius 2 is 2.00 bits per heavy atom. The third-order valence-electron chi connectivity index (χ3n) is 6.37. The van der Waals surface area contributed by atoms with Crippen molar-refractivity contribution in [1.29, 1.82) is 0 Å². The molecule has 3 aliphatic rings. The van der Waals surface area contributed by atoms with Crippen LogP contribution in [-0.2, 0) is 14.3 Å². The first-order valence-electron chi connectivity index (χ1n) is 9.31. The minimum Gasteiger partial charge on any atom is -0.376 e. The van der Waals surface area contributed by atoms with Crippen LogP contribution in [0.5, 0.6) is 0 Å². The van der Waals surface area contributed by atoms with Gasteiger partial charge in [-0.05, 0) is 69.2 Å². The van der Waals surface area contributed by atoms with Crippen molar-refractivity contribution in [2.45, 2.75) is 56.5 Å². The van der Waals surface area contributed by atoms with Crippen LogP contribution in [0.2, 0.25) is 0 Å². The van der Waals surface area contributed by atoms with Crippen molar-refractivity contribution in [3.63, 3.8) is 0 Å². The molecule has 0 aromatic rings. The van der Waals surface area contributed by atoms with Gasteiger partial charge in [0.2, 0.25) is 0 Å². The molecule has 1 aliphatic heterocycles. The molecular formula is C19H26F3NO3S. The second kappa shape index (κ2) is 7.28. The average molecular weight is 405 g/mol. The zero-order valence-corrected chi connectivity index (χ0v) is 16.3. The first-order valence-corrected chi connectivity index (χ1v) is 10.7. The molecule has 1 saturated heterocycles. The second-order valence-electron chi connectivity index (χ2n) is 8.00. The van der Waals surface area contributed by atoms with Gasteiger partial charge in [0.25, 0.3) is 0 Å². The minimum atomic E-state index is -5.68. The summed E-state index contributed by atoms with van der Waals surface area (Å²) in [6.45, 7) is 4.94. The fourth-order valence-corrected chi connectivity index (χ4v) is 5.39. The zero-order chi connectivity index (χ0) is 19.9. The third kappa shape index (κ3) is 4.11. The average Bonchev–Trinajstić information content (AvgIpc) is 2.58. The zero-order valence-electron chi connectivity index (χ0n) is 15.5. The predicted molar refractivity (Wildman–Crippen MR) is 97.1 cm³/mol. The van der Waals surface area contributed by atoms with E-state index < -0.39 is 15.6 Å². The fourth-order valence-electron chi connectivity index (χ4n) is 4.91. The van der Waals surface area contributed by atoms with Gasteiger partial charge in [-0.15, -0.1) is 0 Å². The summed E-state index contributed by atoms with van der Waals surface area (Å²) in [6.07, 6.45) is 10.9. The normalized spacial score (nSPS) is 36.3. The van der Waals surface area contributed by atoms with Crippen molar-refractivity contribution in [3.8, 4) is 0 Å². The van der Waals surface area contributed by atoms with E-state index in [4.69, 9.17) is 0 Å². The summed E-state index contributed by atoms with van der Waals surface area (Å²) in [5.41, 5.74) is -4.70. The molecule has 4 nitrogen and oxygen atoms in total. The molecule has 0 spiro atoms. The number of piperidine rings is 1. The molecule has 8 heteroatoms. The van der Waals surface area contributed by atoms with Gasteiger partial charge in [0.15, 0.2) is 0 Å². The monoisotopic (exact) mass is 405 g/mol. The Bertz CT molecular complexity index is 757. The van der Waals surface area contributed by atoms with E-state index >= 15 is 0 Å². The molecule has 0 N–H and O–H groups in total. The number of halogens is 3. The van der Waals surface area contributed by atoms with E-state index in [0.717, 1.165) is 50.6 Å². The number of hydrogen-bond acceptors (Lipinski definition) is 4. The van der Waals surface area contributed by atoms with Gasteiger partial charge in [0.1, 0.15) is 5.76 Å². The van der Waals surface area contributed by atoms with Gasteiger partial charge < -0.3 is 9.08 Å². The van der Waals surface area contributed by atoms with E-state index in [0.29, 0.717) is 18.4 Å². The molecule has 152 valence electrons. The number of hydrogen-bond donors (Lipinski definition) is 0. The van der Waals surface area contributed by atoms with Crippen LogP contribution in [0.3, 0.4) is 0 Å². The SMILES string of the molecule is C=C1/C=C\C(OS(=O)(=O)C(F)(F)F)=C/C[C@]23CCCC[C@@H]2[C@H](C1)N(C)CC3. The molecule has 0 radical (unpaired) electrons. The van der Waals surface area contributed by atoms with Crippen molar-refractivity contribution in [2.24, 2.45) is 11.3 Å². The quantitative estimate of drug-likeness (QED) is 0.500. The van der Waals surface area contributed by atoms with E-state index in [9.17, 15) is 21.6 Å². The maximum atomic E-state index is 12.7. The molecule has 2 aliphatic carbocycles. The summed E-state index contributed by atoms with van der Waals surface area (Å²) in [5.74, 6) is 0.148. The smallest absolute Gasteiger partial charge is 0.376 e. The molecule has 3 rings (SSSR count). The van der Waals surface area contributed by atoms with Gasteiger partial charge in [-0.1, -0.05) is 31.1 Å². The topological polar surface area (TPSA) is 46.6 Å². The van der Waals surface area contributed by atoms with Gasteiger partial charge in [-0.2, -0.15) is 21.6 Å². The summed E-state index contributed by atoms with van der Waals surface area (Å²) < 4.78 is 65.5. The van der Waals surface area contributed by atoms with Gasteiger partial charge in [-0.3, -0.25) is 0 Å². The van der Waals surface area contributed by atoms with Crippen LogP contribution in [0.15, 0.2) is 36.1 Å². The Morgan fingerprint density at radius 1 is 1.26 bits per heavy atom. The van der Waals surface area contributed by atoms with E-state index in [1.807, 2.05) is 0 Å². The molecule has 1 saturated carbocycles. The highest BCUT2D eigenvalue weighted by atomic mass is 32.2. The molecule has 0 unspecified atom stereocenters. The minimum absolute atomic E-state index is 0.0164. The lowest BCUT2D eigenvalue weighted by Gasteiger charge is -2.55. The van der Waals surface area contributed by atoms with Crippen LogP contribution in [0.1, 0.15) is 44.9 Å². The molecule has 2 fully saturated rings. The summed E-state index contributed by atoms with van der Waals surface area (Å²) in [6, 6.07) is 0.353. The summed E-state index contributed by atoms with van der Waals surface area (Å²) in [7, 11) is -3.57. The Hall–Kier alpha value is -1.28. The maximum absolute atomic E-state index is 12.7.